The smallest absolute Gasteiger partial charge is 0.257 e. The van der Waals surface area contributed by atoms with Crippen LogP contribution in [0.1, 0.15) is 36.2 Å². The zero-order chi connectivity index (χ0) is 23.5. The summed E-state index contributed by atoms with van der Waals surface area (Å²) in [5.74, 6) is 0.423. The minimum absolute atomic E-state index is 0.212. The molecule has 33 heavy (non-hydrogen) atoms. The van der Waals surface area contributed by atoms with Crippen LogP contribution in [0.2, 0.25) is 0 Å². The van der Waals surface area contributed by atoms with Crippen LogP contribution in [0, 0.1) is 5.92 Å². The molecule has 4 aromatic rings. The van der Waals surface area contributed by atoms with Crippen LogP contribution in [0.5, 0.6) is 0 Å². The van der Waals surface area contributed by atoms with Gasteiger partial charge in [0, 0.05) is 26.3 Å². The highest BCUT2D eigenvalue weighted by Gasteiger charge is 2.23. The molecule has 1 amide bonds. The standard InChI is InChI=1S/C25H29N7O/c1-16(2)13-14-27-25(33)21-22-24(30-20-8-6-5-7-19(20)29-22)32(23(21)26)28-15-17-9-11-18(12-10-17)31(3)4/h5-12,15-16H,13-14,26H2,1-4H3,(H,27,33)/b28-15+. The second-order valence-electron chi connectivity index (χ2n) is 8.63. The van der Waals surface area contributed by atoms with Crippen LogP contribution < -0.4 is 16.0 Å². The summed E-state index contributed by atoms with van der Waals surface area (Å²) in [6.45, 7) is 4.79. The molecule has 170 valence electrons. The molecule has 8 heteroatoms. The highest BCUT2D eigenvalue weighted by molar-refractivity contribution is 6.10. The van der Waals surface area contributed by atoms with Gasteiger partial charge in [0.2, 0.25) is 0 Å². The number of anilines is 2. The van der Waals surface area contributed by atoms with E-state index in [2.05, 4.69) is 24.3 Å². The molecule has 0 saturated carbocycles. The van der Waals surface area contributed by atoms with Gasteiger partial charge in [-0.05, 0) is 42.2 Å². The molecular weight excluding hydrogens is 414 g/mol. The zero-order valence-electron chi connectivity index (χ0n) is 19.4. The Kier molecular flexibility index (Phi) is 6.26. The van der Waals surface area contributed by atoms with Crippen LogP contribution in [-0.2, 0) is 0 Å². The molecular formula is C25H29N7O. The Morgan fingerprint density at radius 1 is 1.12 bits per heavy atom. The molecule has 2 aromatic carbocycles. The Balaban J connectivity index is 1.78. The molecule has 0 aliphatic carbocycles. The number of carbonyl (C=O) groups is 1. The SMILES string of the molecule is CC(C)CCNC(=O)c1c(N)n(/N=C/c2ccc(N(C)C)cc2)c2nc3ccccc3nc12. The van der Waals surface area contributed by atoms with Gasteiger partial charge in [0.05, 0.1) is 17.2 Å². The van der Waals surface area contributed by atoms with E-state index in [1.165, 1.54) is 4.68 Å². The van der Waals surface area contributed by atoms with Gasteiger partial charge in [0.15, 0.2) is 5.65 Å². The Morgan fingerprint density at radius 2 is 1.79 bits per heavy atom. The third-order valence-electron chi connectivity index (χ3n) is 5.44. The highest BCUT2D eigenvalue weighted by atomic mass is 16.1. The molecule has 0 atom stereocenters. The van der Waals surface area contributed by atoms with Crippen molar-refractivity contribution in [1.29, 1.82) is 0 Å². The van der Waals surface area contributed by atoms with Crippen molar-refractivity contribution in [3.63, 3.8) is 0 Å². The van der Waals surface area contributed by atoms with Gasteiger partial charge in [-0.1, -0.05) is 38.1 Å². The van der Waals surface area contributed by atoms with Crippen LogP contribution in [0.25, 0.3) is 22.2 Å². The molecule has 0 fully saturated rings. The van der Waals surface area contributed by atoms with Gasteiger partial charge in [-0.2, -0.15) is 9.78 Å². The second-order valence-corrected chi connectivity index (χ2v) is 8.63. The van der Waals surface area contributed by atoms with E-state index in [0.717, 1.165) is 17.7 Å². The summed E-state index contributed by atoms with van der Waals surface area (Å²) in [6.07, 6.45) is 2.58. The van der Waals surface area contributed by atoms with Crippen LogP contribution in [0.4, 0.5) is 11.5 Å². The number of amides is 1. The molecule has 0 bridgehead atoms. The maximum absolute atomic E-state index is 13.1. The fourth-order valence-corrected chi connectivity index (χ4v) is 3.53. The number of para-hydroxylation sites is 2. The summed E-state index contributed by atoms with van der Waals surface area (Å²) in [5.41, 5.74) is 11.0. The van der Waals surface area contributed by atoms with Gasteiger partial charge < -0.3 is 16.0 Å². The lowest BCUT2D eigenvalue weighted by atomic mass is 10.1. The summed E-state index contributed by atoms with van der Waals surface area (Å²) in [4.78, 5) is 24.5. The molecule has 0 aliphatic heterocycles. The zero-order valence-corrected chi connectivity index (χ0v) is 19.4. The summed E-state index contributed by atoms with van der Waals surface area (Å²) in [5, 5.41) is 7.53. The number of nitrogens with one attached hydrogen (secondary N) is 1. The lowest BCUT2D eigenvalue weighted by Gasteiger charge is -2.11. The predicted molar refractivity (Wildman–Crippen MR) is 135 cm³/mol. The van der Waals surface area contributed by atoms with Crippen molar-refractivity contribution >= 4 is 45.8 Å². The Labute approximate surface area is 193 Å². The first-order chi connectivity index (χ1) is 15.8. The van der Waals surface area contributed by atoms with Gasteiger partial charge in [0.25, 0.3) is 5.91 Å². The minimum Gasteiger partial charge on any atom is -0.383 e. The van der Waals surface area contributed by atoms with Gasteiger partial charge in [-0.3, -0.25) is 4.79 Å². The van der Waals surface area contributed by atoms with Crippen molar-refractivity contribution in [1.82, 2.24) is 20.0 Å². The highest BCUT2D eigenvalue weighted by Crippen LogP contribution is 2.28. The van der Waals surface area contributed by atoms with E-state index in [0.29, 0.717) is 40.2 Å². The van der Waals surface area contributed by atoms with Crippen molar-refractivity contribution in [2.24, 2.45) is 11.0 Å². The monoisotopic (exact) mass is 443 g/mol. The molecule has 0 unspecified atom stereocenters. The fraction of sp³-hybridized carbons (Fsp3) is 0.280. The maximum atomic E-state index is 13.1. The van der Waals surface area contributed by atoms with Crippen LogP contribution in [0.15, 0.2) is 53.6 Å². The van der Waals surface area contributed by atoms with Crippen molar-refractivity contribution in [3.05, 3.63) is 59.7 Å². The van der Waals surface area contributed by atoms with E-state index in [1.54, 1.807) is 6.21 Å². The summed E-state index contributed by atoms with van der Waals surface area (Å²) in [7, 11) is 3.99. The summed E-state index contributed by atoms with van der Waals surface area (Å²) in [6, 6.07) is 15.5. The molecule has 0 radical (unpaired) electrons. The number of hydrogen-bond donors (Lipinski definition) is 2. The first-order valence-electron chi connectivity index (χ1n) is 11.0. The third kappa shape index (κ3) is 4.64. The van der Waals surface area contributed by atoms with E-state index in [-0.39, 0.29) is 11.7 Å². The first kappa shape index (κ1) is 22.3. The molecule has 8 nitrogen and oxygen atoms in total. The Bertz CT molecular complexity index is 1320. The lowest BCUT2D eigenvalue weighted by Crippen LogP contribution is -2.26. The minimum atomic E-state index is -0.271. The number of hydrogen-bond acceptors (Lipinski definition) is 6. The number of nitrogens with zero attached hydrogens (tertiary/aromatic N) is 5. The Morgan fingerprint density at radius 3 is 2.42 bits per heavy atom. The van der Waals surface area contributed by atoms with Crippen LogP contribution in [0.3, 0.4) is 0 Å². The number of carbonyl (C=O) groups excluding carboxylic acids is 1. The van der Waals surface area contributed by atoms with Gasteiger partial charge in [-0.15, -0.1) is 0 Å². The van der Waals surface area contributed by atoms with Crippen LogP contribution >= 0.6 is 0 Å². The maximum Gasteiger partial charge on any atom is 0.257 e. The van der Waals surface area contributed by atoms with Gasteiger partial charge >= 0.3 is 0 Å². The predicted octanol–water partition coefficient (Wildman–Crippen LogP) is 3.89. The largest absolute Gasteiger partial charge is 0.383 e. The second kappa shape index (κ2) is 9.28. The molecule has 2 aromatic heterocycles. The number of nitrogens with two attached hydrogens (primary N) is 1. The van der Waals surface area contributed by atoms with Crippen molar-refractivity contribution in [2.45, 2.75) is 20.3 Å². The van der Waals surface area contributed by atoms with Crippen molar-refractivity contribution in [3.8, 4) is 0 Å². The van der Waals surface area contributed by atoms with Crippen LogP contribution in [-0.4, -0.2) is 47.4 Å². The summed E-state index contributed by atoms with van der Waals surface area (Å²) >= 11 is 0. The van der Waals surface area contributed by atoms with E-state index < -0.39 is 0 Å². The molecule has 0 spiro atoms. The lowest BCUT2D eigenvalue weighted by molar-refractivity contribution is 0.0954. The van der Waals surface area contributed by atoms with Crippen molar-refractivity contribution in [2.75, 3.05) is 31.3 Å². The van der Waals surface area contributed by atoms with E-state index >= 15 is 0 Å². The topological polar surface area (TPSA) is 101 Å². The number of aromatic nitrogens is 3. The number of fused-ring (bicyclic) bond motifs is 2. The van der Waals surface area contributed by atoms with E-state index in [9.17, 15) is 4.79 Å². The van der Waals surface area contributed by atoms with E-state index in [1.807, 2.05) is 67.5 Å². The first-order valence-corrected chi connectivity index (χ1v) is 11.0. The fourth-order valence-electron chi connectivity index (χ4n) is 3.53. The number of nitrogen functional groups attached to an aromatic ring is 1. The third-order valence-corrected chi connectivity index (χ3v) is 5.44. The summed E-state index contributed by atoms with van der Waals surface area (Å²) < 4.78 is 1.49. The van der Waals surface area contributed by atoms with Gasteiger partial charge in [0.1, 0.15) is 16.9 Å². The molecule has 0 saturated heterocycles. The normalized spacial score (nSPS) is 11.7. The molecule has 2 heterocycles. The Hall–Kier alpha value is -3.94. The van der Waals surface area contributed by atoms with E-state index in [4.69, 9.17) is 15.7 Å². The number of benzene rings is 2. The van der Waals surface area contributed by atoms with Crippen molar-refractivity contribution < 1.29 is 4.79 Å². The number of rotatable bonds is 7. The quantitative estimate of drug-likeness (QED) is 0.422. The average Bonchev–Trinajstić information content (AvgIpc) is 3.06. The van der Waals surface area contributed by atoms with Gasteiger partial charge in [-0.25, -0.2) is 9.97 Å². The molecule has 0 aliphatic rings. The molecule has 4 rings (SSSR count). The molecule has 3 N–H and O–H groups in total. The average molecular weight is 444 g/mol.